The first-order valence-corrected chi connectivity index (χ1v) is 11.2. The predicted molar refractivity (Wildman–Crippen MR) is 128 cm³/mol. The van der Waals surface area contributed by atoms with Gasteiger partial charge < -0.3 is 14.1 Å². The van der Waals surface area contributed by atoms with E-state index in [1.807, 2.05) is 87.5 Å². The first-order chi connectivity index (χ1) is 16.0. The fourth-order valence-electron chi connectivity index (χ4n) is 4.67. The molecule has 0 saturated heterocycles. The third kappa shape index (κ3) is 3.59. The molecule has 0 aliphatic carbocycles. The SMILES string of the molecule is CCCN1C(=O)c2oc3c(C)cc(C)cc3c(=O)c2C1c1cccc(Oc2ccccc2)c1. The smallest absolute Gasteiger partial charge is 0.290 e. The molecule has 1 aliphatic rings. The number of hydrogen-bond acceptors (Lipinski definition) is 4. The number of nitrogens with zero attached hydrogens (tertiary/aromatic N) is 1. The van der Waals surface area contributed by atoms with Gasteiger partial charge in [-0.25, -0.2) is 0 Å². The second-order valence-electron chi connectivity index (χ2n) is 8.52. The Morgan fingerprint density at radius 1 is 0.939 bits per heavy atom. The van der Waals surface area contributed by atoms with E-state index >= 15 is 0 Å². The molecule has 5 rings (SSSR count). The zero-order valence-corrected chi connectivity index (χ0v) is 18.9. The molecule has 5 nitrogen and oxygen atoms in total. The number of rotatable bonds is 5. The lowest BCUT2D eigenvalue weighted by Gasteiger charge is -2.25. The van der Waals surface area contributed by atoms with Gasteiger partial charge in [0.15, 0.2) is 5.43 Å². The topological polar surface area (TPSA) is 59.8 Å². The normalized spacial score (nSPS) is 15.2. The van der Waals surface area contributed by atoms with Crippen molar-refractivity contribution in [2.45, 2.75) is 33.2 Å². The quantitative estimate of drug-likeness (QED) is 0.374. The standard InChI is InChI=1S/C28H25NO4/c1-4-13-29-24(19-9-8-12-21(16-19)32-20-10-6-5-7-11-20)23-25(30)22-15-17(2)14-18(3)26(22)33-27(23)28(29)31/h5-12,14-16,24H,4,13H2,1-3H3. The minimum atomic E-state index is -0.520. The lowest BCUT2D eigenvalue weighted by molar-refractivity contribution is 0.0728. The highest BCUT2D eigenvalue weighted by Gasteiger charge is 2.42. The Labute approximate surface area is 192 Å². The minimum Gasteiger partial charge on any atom is -0.457 e. The van der Waals surface area contributed by atoms with Crippen molar-refractivity contribution in [3.8, 4) is 11.5 Å². The van der Waals surface area contributed by atoms with Gasteiger partial charge >= 0.3 is 0 Å². The third-order valence-corrected chi connectivity index (χ3v) is 6.01. The van der Waals surface area contributed by atoms with Crippen LogP contribution in [-0.4, -0.2) is 17.4 Å². The number of hydrogen-bond donors (Lipinski definition) is 0. The molecule has 5 heteroatoms. The van der Waals surface area contributed by atoms with Crippen molar-refractivity contribution in [1.82, 2.24) is 4.90 Å². The van der Waals surface area contributed by atoms with Gasteiger partial charge in [0.05, 0.1) is 17.0 Å². The average Bonchev–Trinajstić information content (AvgIpc) is 3.08. The van der Waals surface area contributed by atoms with E-state index in [2.05, 4.69) is 0 Å². The van der Waals surface area contributed by atoms with Crippen molar-refractivity contribution >= 4 is 16.9 Å². The summed E-state index contributed by atoms with van der Waals surface area (Å²) in [5.74, 6) is 1.27. The van der Waals surface area contributed by atoms with E-state index in [0.717, 1.165) is 28.9 Å². The first kappa shape index (κ1) is 21.0. The van der Waals surface area contributed by atoms with Gasteiger partial charge in [0.1, 0.15) is 17.1 Å². The molecule has 1 amide bonds. The maximum Gasteiger partial charge on any atom is 0.290 e. The van der Waals surface area contributed by atoms with Crippen LogP contribution in [0.4, 0.5) is 0 Å². The highest BCUT2D eigenvalue weighted by molar-refractivity contribution is 5.99. The van der Waals surface area contributed by atoms with Crippen LogP contribution in [0.3, 0.4) is 0 Å². The summed E-state index contributed by atoms with van der Waals surface area (Å²) in [5, 5.41) is 0.513. The van der Waals surface area contributed by atoms with Crippen molar-refractivity contribution in [2.75, 3.05) is 6.54 Å². The molecule has 2 heterocycles. The van der Waals surface area contributed by atoms with Crippen molar-refractivity contribution in [1.29, 1.82) is 0 Å². The molecule has 1 aliphatic heterocycles. The van der Waals surface area contributed by atoms with Gasteiger partial charge in [0.25, 0.3) is 5.91 Å². The van der Waals surface area contributed by atoms with Crippen molar-refractivity contribution in [3.63, 3.8) is 0 Å². The van der Waals surface area contributed by atoms with Crippen LogP contribution in [0.5, 0.6) is 11.5 Å². The van der Waals surface area contributed by atoms with Crippen LogP contribution in [0.25, 0.3) is 11.0 Å². The molecular weight excluding hydrogens is 414 g/mol. The zero-order valence-electron chi connectivity index (χ0n) is 18.9. The van der Waals surface area contributed by atoms with Gasteiger partial charge in [0, 0.05) is 6.54 Å². The molecule has 3 aromatic carbocycles. The maximum atomic E-state index is 13.7. The van der Waals surface area contributed by atoms with Crippen LogP contribution in [0.2, 0.25) is 0 Å². The molecule has 1 atom stereocenters. The molecule has 4 aromatic rings. The second-order valence-corrected chi connectivity index (χ2v) is 8.52. The Morgan fingerprint density at radius 3 is 2.45 bits per heavy atom. The lowest BCUT2D eigenvalue weighted by atomic mass is 9.97. The molecule has 0 radical (unpaired) electrons. The highest BCUT2D eigenvalue weighted by atomic mass is 16.5. The Kier molecular flexibility index (Phi) is 5.25. The molecule has 1 aromatic heterocycles. The third-order valence-electron chi connectivity index (χ3n) is 6.01. The highest BCUT2D eigenvalue weighted by Crippen LogP contribution is 2.40. The molecule has 0 saturated carbocycles. The maximum absolute atomic E-state index is 13.7. The molecule has 166 valence electrons. The van der Waals surface area contributed by atoms with E-state index < -0.39 is 6.04 Å². The lowest BCUT2D eigenvalue weighted by Crippen LogP contribution is -2.30. The van der Waals surface area contributed by atoms with Crippen LogP contribution in [0.15, 0.2) is 75.9 Å². The number of fused-ring (bicyclic) bond motifs is 2. The number of benzene rings is 3. The predicted octanol–water partition coefficient (Wildman–Crippen LogP) is 6.16. The molecule has 33 heavy (non-hydrogen) atoms. The fraction of sp³-hybridized carbons (Fsp3) is 0.214. The van der Waals surface area contributed by atoms with Gasteiger partial charge in [-0.05, 0) is 67.3 Å². The van der Waals surface area contributed by atoms with Crippen LogP contribution < -0.4 is 10.2 Å². The largest absolute Gasteiger partial charge is 0.457 e. The Morgan fingerprint density at radius 2 is 1.70 bits per heavy atom. The molecule has 0 fully saturated rings. The van der Waals surface area contributed by atoms with E-state index in [1.165, 1.54) is 0 Å². The van der Waals surface area contributed by atoms with Crippen LogP contribution in [0, 0.1) is 13.8 Å². The van der Waals surface area contributed by atoms with Gasteiger partial charge in [-0.3, -0.25) is 9.59 Å². The van der Waals surface area contributed by atoms with E-state index in [4.69, 9.17) is 9.15 Å². The van der Waals surface area contributed by atoms with Crippen LogP contribution in [0.1, 0.15) is 52.2 Å². The summed E-state index contributed by atoms with van der Waals surface area (Å²) in [6.07, 6.45) is 0.766. The van der Waals surface area contributed by atoms with Crippen molar-refractivity contribution in [2.24, 2.45) is 0 Å². The summed E-state index contributed by atoms with van der Waals surface area (Å²) in [7, 11) is 0. The molecule has 0 N–H and O–H groups in total. The van der Waals surface area contributed by atoms with Gasteiger partial charge in [-0.15, -0.1) is 0 Å². The van der Waals surface area contributed by atoms with E-state index in [9.17, 15) is 9.59 Å². The number of carbonyl (C=O) groups excluding carboxylic acids is 1. The van der Waals surface area contributed by atoms with Crippen LogP contribution >= 0.6 is 0 Å². The molecular formula is C28H25NO4. The van der Waals surface area contributed by atoms with Crippen molar-refractivity contribution in [3.05, 3.63) is 105 Å². The summed E-state index contributed by atoms with van der Waals surface area (Å²) < 4.78 is 12.1. The van der Waals surface area contributed by atoms with E-state index in [0.29, 0.717) is 28.8 Å². The summed E-state index contributed by atoms with van der Waals surface area (Å²) in [5.41, 5.74) is 3.39. The van der Waals surface area contributed by atoms with Gasteiger partial charge in [0.2, 0.25) is 5.76 Å². The number of ether oxygens (including phenoxy) is 1. The number of para-hydroxylation sites is 1. The van der Waals surface area contributed by atoms with Gasteiger partial charge in [-0.2, -0.15) is 0 Å². The molecule has 1 unspecified atom stereocenters. The van der Waals surface area contributed by atoms with Crippen molar-refractivity contribution < 1.29 is 13.9 Å². The second kappa shape index (κ2) is 8.24. The minimum absolute atomic E-state index is 0.146. The fourth-order valence-corrected chi connectivity index (χ4v) is 4.67. The monoisotopic (exact) mass is 439 g/mol. The van der Waals surface area contributed by atoms with E-state index in [-0.39, 0.29) is 17.1 Å². The number of carbonyl (C=O) groups is 1. The average molecular weight is 440 g/mol. The van der Waals surface area contributed by atoms with E-state index in [1.54, 1.807) is 4.90 Å². The number of amides is 1. The first-order valence-electron chi connectivity index (χ1n) is 11.2. The molecule has 0 spiro atoms. The summed E-state index contributed by atoms with van der Waals surface area (Å²) in [6, 6.07) is 20.4. The summed E-state index contributed by atoms with van der Waals surface area (Å²) >= 11 is 0. The summed E-state index contributed by atoms with van der Waals surface area (Å²) in [6.45, 7) is 6.39. The molecule has 0 bridgehead atoms. The Bertz CT molecular complexity index is 1420. The Balaban J connectivity index is 1.68. The number of aryl methyl sites for hydroxylation is 2. The zero-order chi connectivity index (χ0) is 23.1. The van der Waals surface area contributed by atoms with Crippen LogP contribution in [-0.2, 0) is 0 Å². The Hall–Kier alpha value is -3.86. The summed E-state index contributed by atoms with van der Waals surface area (Å²) in [4.78, 5) is 28.8. The van der Waals surface area contributed by atoms with Gasteiger partial charge in [-0.1, -0.05) is 43.3 Å².